The van der Waals surface area contributed by atoms with Gasteiger partial charge in [-0.25, -0.2) is 0 Å². The van der Waals surface area contributed by atoms with Crippen LogP contribution in [0.2, 0.25) is 0 Å². The van der Waals surface area contributed by atoms with E-state index in [9.17, 15) is 0 Å². The quantitative estimate of drug-likeness (QED) is 0.795. The summed E-state index contributed by atoms with van der Waals surface area (Å²) in [6.45, 7) is 3.04. The minimum atomic E-state index is 0.193. The molecule has 0 bridgehead atoms. The van der Waals surface area contributed by atoms with Crippen molar-refractivity contribution in [3.8, 4) is 5.75 Å². The van der Waals surface area contributed by atoms with Crippen LogP contribution in [0.5, 0.6) is 5.75 Å². The molecular weight excluding hydrogens is 266 g/mol. The Morgan fingerprint density at radius 3 is 2.55 bits per heavy atom. The zero-order valence-electron chi connectivity index (χ0n) is 11.7. The molecule has 0 aliphatic carbocycles. The van der Waals surface area contributed by atoms with Gasteiger partial charge in [0, 0.05) is 12.1 Å². The van der Waals surface area contributed by atoms with Crippen molar-refractivity contribution < 1.29 is 4.74 Å². The standard InChI is InChI=1S/C17H17NOS/c1-3-18-16(12-7-5-4-6-8-12)15-11-13(19-2)9-10-14(15)17(18)20/h4-11,16H,3H2,1-2H3. The Morgan fingerprint density at radius 1 is 1.15 bits per heavy atom. The fourth-order valence-corrected chi connectivity index (χ4v) is 3.27. The Bertz CT molecular complexity index is 639. The maximum atomic E-state index is 5.64. The molecule has 0 aromatic heterocycles. The Hall–Kier alpha value is -1.87. The van der Waals surface area contributed by atoms with Crippen LogP contribution in [0.15, 0.2) is 48.5 Å². The van der Waals surface area contributed by atoms with Crippen LogP contribution in [0.25, 0.3) is 0 Å². The van der Waals surface area contributed by atoms with Crippen LogP contribution in [-0.4, -0.2) is 23.5 Å². The second-order valence-corrected chi connectivity index (χ2v) is 5.24. The van der Waals surface area contributed by atoms with Gasteiger partial charge in [-0.2, -0.15) is 0 Å². The molecule has 2 aromatic rings. The van der Waals surface area contributed by atoms with Gasteiger partial charge in [0.05, 0.1) is 13.2 Å². The molecule has 0 amide bonds. The maximum Gasteiger partial charge on any atom is 0.119 e. The zero-order valence-corrected chi connectivity index (χ0v) is 12.5. The topological polar surface area (TPSA) is 12.5 Å². The molecule has 102 valence electrons. The van der Waals surface area contributed by atoms with E-state index in [1.165, 1.54) is 11.1 Å². The molecule has 0 N–H and O–H groups in total. The Balaban J connectivity index is 2.16. The molecule has 0 saturated carbocycles. The monoisotopic (exact) mass is 283 g/mol. The Labute approximate surface area is 125 Å². The lowest BCUT2D eigenvalue weighted by atomic mass is 9.98. The van der Waals surface area contributed by atoms with Crippen molar-refractivity contribution in [2.45, 2.75) is 13.0 Å². The van der Waals surface area contributed by atoms with E-state index in [0.717, 1.165) is 22.8 Å². The molecule has 2 aromatic carbocycles. The second kappa shape index (κ2) is 5.25. The van der Waals surface area contributed by atoms with E-state index in [2.05, 4.69) is 48.2 Å². The molecule has 1 unspecified atom stereocenters. The van der Waals surface area contributed by atoms with E-state index >= 15 is 0 Å². The van der Waals surface area contributed by atoms with E-state index in [0.29, 0.717) is 0 Å². The van der Waals surface area contributed by atoms with Gasteiger partial charge < -0.3 is 9.64 Å². The van der Waals surface area contributed by atoms with Crippen molar-refractivity contribution in [2.24, 2.45) is 0 Å². The first-order valence-electron chi connectivity index (χ1n) is 6.80. The predicted octanol–water partition coefficient (Wildman–Crippen LogP) is 3.80. The Morgan fingerprint density at radius 2 is 1.90 bits per heavy atom. The molecule has 3 rings (SSSR count). The highest BCUT2D eigenvalue weighted by molar-refractivity contribution is 7.80. The van der Waals surface area contributed by atoms with Gasteiger partial charge in [-0.15, -0.1) is 0 Å². The summed E-state index contributed by atoms with van der Waals surface area (Å²) in [5.74, 6) is 0.880. The summed E-state index contributed by atoms with van der Waals surface area (Å²) < 4.78 is 5.37. The largest absolute Gasteiger partial charge is 0.497 e. The molecule has 1 aliphatic rings. The summed E-state index contributed by atoms with van der Waals surface area (Å²) in [5, 5.41) is 0. The average molecular weight is 283 g/mol. The fourth-order valence-electron chi connectivity index (χ4n) is 2.85. The Kier molecular flexibility index (Phi) is 3.45. The van der Waals surface area contributed by atoms with E-state index in [4.69, 9.17) is 17.0 Å². The normalized spacial score (nSPS) is 17.2. The highest BCUT2D eigenvalue weighted by Crippen LogP contribution is 2.40. The minimum absolute atomic E-state index is 0.193. The highest BCUT2D eigenvalue weighted by Gasteiger charge is 2.34. The lowest BCUT2D eigenvalue weighted by Gasteiger charge is -2.26. The van der Waals surface area contributed by atoms with E-state index < -0.39 is 0 Å². The number of hydrogen-bond donors (Lipinski definition) is 0. The van der Waals surface area contributed by atoms with E-state index in [-0.39, 0.29) is 6.04 Å². The number of fused-ring (bicyclic) bond motifs is 1. The van der Waals surface area contributed by atoms with Gasteiger partial charge in [0.15, 0.2) is 0 Å². The van der Waals surface area contributed by atoms with Crippen LogP contribution < -0.4 is 4.74 Å². The van der Waals surface area contributed by atoms with Crippen molar-refractivity contribution in [2.75, 3.05) is 13.7 Å². The average Bonchev–Trinajstić information content (AvgIpc) is 2.79. The molecule has 0 fully saturated rings. The summed E-state index contributed by atoms with van der Waals surface area (Å²) in [4.78, 5) is 3.20. The minimum Gasteiger partial charge on any atom is -0.497 e. The molecule has 0 spiro atoms. The summed E-state index contributed by atoms with van der Waals surface area (Å²) >= 11 is 5.64. The number of ether oxygens (including phenoxy) is 1. The van der Waals surface area contributed by atoms with Crippen molar-refractivity contribution in [1.82, 2.24) is 4.90 Å². The van der Waals surface area contributed by atoms with Crippen molar-refractivity contribution in [1.29, 1.82) is 0 Å². The van der Waals surface area contributed by atoms with Gasteiger partial charge in [-0.1, -0.05) is 42.5 Å². The van der Waals surface area contributed by atoms with Gasteiger partial charge in [0.2, 0.25) is 0 Å². The van der Waals surface area contributed by atoms with Crippen LogP contribution in [-0.2, 0) is 0 Å². The lowest BCUT2D eigenvalue weighted by Crippen LogP contribution is -2.27. The number of methoxy groups -OCH3 is 1. The zero-order chi connectivity index (χ0) is 14.1. The number of thiocarbonyl (C=S) groups is 1. The molecule has 2 nitrogen and oxygen atoms in total. The lowest BCUT2D eigenvalue weighted by molar-refractivity contribution is 0.394. The molecule has 3 heteroatoms. The van der Waals surface area contributed by atoms with Crippen LogP contribution >= 0.6 is 12.2 Å². The third-order valence-electron chi connectivity index (χ3n) is 3.81. The van der Waals surface area contributed by atoms with Crippen molar-refractivity contribution >= 4 is 17.2 Å². The van der Waals surface area contributed by atoms with Crippen molar-refractivity contribution in [3.63, 3.8) is 0 Å². The number of benzene rings is 2. The second-order valence-electron chi connectivity index (χ2n) is 4.86. The number of hydrogen-bond acceptors (Lipinski definition) is 2. The summed E-state index contributed by atoms with van der Waals surface area (Å²) in [5.41, 5.74) is 3.66. The summed E-state index contributed by atoms with van der Waals surface area (Å²) in [7, 11) is 1.70. The van der Waals surface area contributed by atoms with Gasteiger partial charge in [-0.05, 0) is 36.2 Å². The molecule has 1 atom stereocenters. The fraction of sp³-hybridized carbons (Fsp3) is 0.235. The summed E-state index contributed by atoms with van der Waals surface area (Å²) in [6.07, 6.45) is 0. The predicted molar refractivity (Wildman–Crippen MR) is 85.4 cm³/mol. The van der Waals surface area contributed by atoms with Gasteiger partial charge in [0.25, 0.3) is 0 Å². The van der Waals surface area contributed by atoms with Crippen molar-refractivity contribution in [3.05, 3.63) is 65.2 Å². The molecule has 1 aliphatic heterocycles. The van der Waals surface area contributed by atoms with E-state index in [1.54, 1.807) is 7.11 Å². The first-order valence-corrected chi connectivity index (χ1v) is 7.21. The molecule has 0 saturated heterocycles. The molecule has 0 radical (unpaired) electrons. The van der Waals surface area contributed by atoms with Crippen LogP contribution in [0.1, 0.15) is 29.7 Å². The maximum absolute atomic E-state index is 5.64. The third kappa shape index (κ3) is 1.98. The third-order valence-corrected chi connectivity index (χ3v) is 4.27. The number of nitrogens with zero attached hydrogens (tertiary/aromatic N) is 1. The molecule has 20 heavy (non-hydrogen) atoms. The van der Waals surface area contributed by atoms with Crippen LogP contribution in [0.4, 0.5) is 0 Å². The molecule has 1 heterocycles. The van der Waals surface area contributed by atoms with Crippen LogP contribution in [0, 0.1) is 0 Å². The first-order chi connectivity index (χ1) is 9.76. The van der Waals surface area contributed by atoms with Gasteiger partial charge in [-0.3, -0.25) is 0 Å². The van der Waals surface area contributed by atoms with E-state index in [1.807, 2.05) is 12.1 Å². The van der Waals surface area contributed by atoms with Crippen LogP contribution in [0.3, 0.4) is 0 Å². The molecular formula is C17H17NOS. The van der Waals surface area contributed by atoms with Gasteiger partial charge in [0.1, 0.15) is 10.7 Å². The summed E-state index contributed by atoms with van der Waals surface area (Å²) in [6, 6.07) is 16.9. The number of rotatable bonds is 3. The highest BCUT2D eigenvalue weighted by atomic mass is 32.1. The smallest absolute Gasteiger partial charge is 0.119 e. The first kappa shape index (κ1) is 13.1. The SMILES string of the molecule is CCN1C(=S)c2ccc(OC)cc2C1c1ccccc1. The van der Waals surface area contributed by atoms with Gasteiger partial charge >= 0.3 is 0 Å².